The number of esters is 1. The maximum Gasteiger partial charge on any atom is 0.321 e. The van der Waals surface area contributed by atoms with E-state index >= 15 is 0 Å². The Labute approximate surface area is 163 Å². The molecule has 0 bridgehead atoms. The summed E-state index contributed by atoms with van der Waals surface area (Å²) in [6.45, 7) is 8.77. The molecule has 2 unspecified atom stereocenters. The molecular formula is C20H28Br2O2. The third-order valence-electron chi connectivity index (χ3n) is 5.39. The highest BCUT2D eigenvalue weighted by atomic mass is 79.9. The van der Waals surface area contributed by atoms with Crippen molar-refractivity contribution in [3.05, 3.63) is 35.9 Å². The summed E-state index contributed by atoms with van der Waals surface area (Å²) in [4.78, 5) is 12.2. The molecule has 1 aliphatic rings. The first-order valence-electron chi connectivity index (χ1n) is 8.77. The van der Waals surface area contributed by atoms with Gasteiger partial charge in [-0.05, 0) is 29.7 Å². The normalized spacial score (nSPS) is 27.3. The third kappa shape index (κ3) is 4.63. The fourth-order valence-corrected chi connectivity index (χ4v) is 4.09. The van der Waals surface area contributed by atoms with Crippen molar-refractivity contribution >= 4 is 37.8 Å². The monoisotopic (exact) mass is 458 g/mol. The number of halogens is 2. The summed E-state index contributed by atoms with van der Waals surface area (Å²) in [6, 6.07) is 10.6. The molecule has 1 fully saturated rings. The topological polar surface area (TPSA) is 26.3 Å². The molecule has 24 heavy (non-hydrogen) atoms. The number of hydrogen-bond donors (Lipinski definition) is 0. The van der Waals surface area contributed by atoms with E-state index in [9.17, 15) is 4.79 Å². The summed E-state index contributed by atoms with van der Waals surface area (Å²) >= 11 is 6.90. The molecule has 0 saturated heterocycles. The lowest BCUT2D eigenvalue weighted by molar-refractivity contribution is -0.155. The maximum absolute atomic E-state index is 12.5. The highest BCUT2D eigenvalue weighted by Crippen LogP contribution is 2.43. The largest absolute Gasteiger partial charge is 0.461 e. The Kier molecular flexibility index (Phi) is 6.95. The Bertz CT molecular complexity index is 542. The number of rotatable bonds is 5. The smallest absolute Gasteiger partial charge is 0.321 e. The van der Waals surface area contributed by atoms with Crippen molar-refractivity contribution in [1.82, 2.24) is 0 Å². The second-order valence-corrected chi connectivity index (χ2v) is 10.1. The van der Waals surface area contributed by atoms with Crippen LogP contribution in [0.1, 0.15) is 52.5 Å². The van der Waals surface area contributed by atoms with Gasteiger partial charge in [0.15, 0.2) is 0 Å². The maximum atomic E-state index is 12.5. The van der Waals surface area contributed by atoms with Gasteiger partial charge in [-0.2, -0.15) is 0 Å². The number of hydrogen-bond acceptors (Lipinski definition) is 2. The average Bonchev–Trinajstić information content (AvgIpc) is 2.54. The zero-order valence-corrected chi connectivity index (χ0v) is 18.1. The van der Waals surface area contributed by atoms with Gasteiger partial charge in [-0.1, -0.05) is 96.3 Å². The lowest BCUT2D eigenvalue weighted by Gasteiger charge is -2.44. The number of benzene rings is 1. The minimum atomic E-state index is -0.310. The van der Waals surface area contributed by atoms with Crippen LogP contribution in [0.5, 0.6) is 0 Å². The molecule has 134 valence electrons. The number of carbonyl (C=O) groups is 1. The van der Waals surface area contributed by atoms with E-state index < -0.39 is 0 Å². The molecular weight excluding hydrogens is 432 g/mol. The van der Waals surface area contributed by atoms with E-state index in [0.717, 1.165) is 12.8 Å². The predicted molar refractivity (Wildman–Crippen MR) is 107 cm³/mol. The highest BCUT2D eigenvalue weighted by Gasteiger charge is 2.42. The molecule has 1 aromatic carbocycles. The number of alkyl halides is 2. The Morgan fingerprint density at radius 3 is 2.42 bits per heavy atom. The molecule has 5 atom stereocenters. The summed E-state index contributed by atoms with van der Waals surface area (Å²) in [7, 11) is 0. The molecule has 0 aromatic heterocycles. The molecule has 0 N–H and O–H groups in total. The Balaban J connectivity index is 2.21. The van der Waals surface area contributed by atoms with Gasteiger partial charge in [0.1, 0.15) is 10.9 Å². The van der Waals surface area contributed by atoms with Crippen molar-refractivity contribution in [2.45, 2.75) is 68.1 Å². The van der Waals surface area contributed by atoms with Crippen LogP contribution >= 0.6 is 31.9 Å². The molecule has 0 heterocycles. The average molecular weight is 460 g/mol. The fraction of sp³-hybridized carbons (Fsp3) is 0.650. The second-order valence-electron chi connectivity index (χ2n) is 7.67. The van der Waals surface area contributed by atoms with Gasteiger partial charge in [0, 0.05) is 10.7 Å². The zero-order valence-electron chi connectivity index (χ0n) is 15.0. The van der Waals surface area contributed by atoms with E-state index in [1.165, 1.54) is 12.0 Å². The lowest BCUT2D eigenvalue weighted by atomic mass is 9.64. The fourth-order valence-electron chi connectivity index (χ4n) is 3.77. The van der Waals surface area contributed by atoms with E-state index in [1.807, 2.05) is 13.0 Å². The quantitative estimate of drug-likeness (QED) is 0.407. The number of carbonyl (C=O) groups excluding carboxylic acids is 1. The van der Waals surface area contributed by atoms with Gasteiger partial charge in [0.2, 0.25) is 0 Å². The third-order valence-corrected chi connectivity index (χ3v) is 7.80. The Hall–Kier alpha value is -0.350. The van der Waals surface area contributed by atoms with E-state index in [0.29, 0.717) is 11.8 Å². The van der Waals surface area contributed by atoms with Crippen LogP contribution in [0.3, 0.4) is 0 Å². The molecule has 4 heteroatoms. The van der Waals surface area contributed by atoms with Crippen LogP contribution in [0.25, 0.3) is 0 Å². The first-order chi connectivity index (χ1) is 11.2. The van der Waals surface area contributed by atoms with Crippen molar-refractivity contribution in [2.75, 3.05) is 0 Å². The van der Waals surface area contributed by atoms with E-state index in [4.69, 9.17) is 4.74 Å². The lowest BCUT2D eigenvalue weighted by Crippen LogP contribution is -2.44. The van der Waals surface area contributed by atoms with Crippen LogP contribution in [-0.4, -0.2) is 21.7 Å². The van der Waals surface area contributed by atoms with Gasteiger partial charge in [0.05, 0.1) is 0 Å². The molecule has 2 rings (SSSR count). The van der Waals surface area contributed by atoms with Crippen LogP contribution in [0.4, 0.5) is 0 Å². The zero-order chi connectivity index (χ0) is 17.9. The molecule has 2 nitrogen and oxygen atoms in total. The summed E-state index contributed by atoms with van der Waals surface area (Å²) < 4.78 is 5.99. The minimum Gasteiger partial charge on any atom is -0.461 e. The van der Waals surface area contributed by atoms with Crippen LogP contribution in [0, 0.1) is 11.8 Å². The molecule has 0 spiro atoms. The highest BCUT2D eigenvalue weighted by molar-refractivity contribution is 9.12. The van der Waals surface area contributed by atoms with Crippen LogP contribution in [0.2, 0.25) is 0 Å². The van der Waals surface area contributed by atoms with E-state index in [1.54, 1.807) is 0 Å². The minimum absolute atomic E-state index is 0.0197. The molecule has 0 radical (unpaired) electrons. The van der Waals surface area contributed by atoms with Crippen molar-refractivity contribution in [2.24, 2.45) is 11.8 Å². The van der Waals surface area contributed by atoms with Crippen LogP contribution in [-0.2, 0) is 14.9 Å². The Morgan fingerprint density at radius 1 is 1.21 bits per heavy atom. The second kappa shape index (κ2) is 8.35. The number of ether oxygens (including phenoxy) is 1. The predicted octanol–water partition coefficient (Wildman–Crippen LogP) is 5.86. The van der Waals surface area contributed by atoms with Gasteiger partial charge in [-0.25, -0.2) is 0 Å². The van der Waals surface area contributed by atoms with Crippen molar-refractivity contribution in [3.63, 3.8) is 0 Å². The van der Waals surface area contributed by atoms with E-state index in [2.05, 4.69) is 76.9 Å². The van der Waals surface area contributed by atoms with Gasteiger partial charge in [-0.15, -0.1) is 0 Å². The van der Waals surface area contributed by atoms with Gasteiger partial charge in [0.25, 0.3) is 0 Å². The van der Waals surface area contributed by atoms with Crippen molar-refractivity contribution < 1.29 is 9.53 Å². The standard InChI is InChI=1S/C20H28Br2O2/c1-13-10-11-16(20(3,4)15-8-6-5-7-9-15)17(12-13)24-19(23)18(22)14(2)21/h5-9,13-14,16-18H,10-12H2,1-4H3/t13-,14?,16-,17-,18?/m1/s1. The molecule has 0 aliphatic heterocycles. The van der Waals surface area contributed by atoms with Crippen molar-refractivity contribution in [1.29, 1.82) is 0 Å². The summed E-state index contributed by atoms with van der Waals surface area (Å²) in [5.74, 6) is 0.776. The van der Waals surface area contributed by atoms with Crippen molar-refractivity contribution in [3.8, 4) is 0 Å². The van der Waals surface area contributed by atoms with E-state index in [-0.39, 0.29) is 27.1 Å². The summed E-state index contributed by atoms with van der Waals surface area (Å²) in [5.41, 5.74) is 1.30. The molecule has 1 aromatic rings. The summed E-state index contributed by atoms with van der Waals surface area (Å²) in [5, 5.41) is 0. The van der Waals surface area contributed by atoms with Crippen LogP contribution in [0.15, 0.2) is 30.3 Å². The Morgan fingerprint density at radius 2 is 1.83 bits per heavy atom. The van der Waals surface area contributed by atoms with Crippen LogP contribution < -0.4 is 0 Å². The van der Waals surface area contributed by atoms with Gasteiger partial charge in [-0.3, -0.25) is 4.79 Å². The SMILES string of the molecule is CC(Br)C(Br)C(=O)O[C@@H]1C[C@H](C)CC[C@H]1C(C)(C)c1ccccc1. The first kappa shape index (κ1) is 20.0. The van der Waals surface area contributed by atoms with Gasteiger partial charge >= 0.3 is 5.97 Å². The van der Waals surface area contributed by atoms with Gasteiger partial charge < -0.3 is 4.74 Å². The molecule has 1 saturated carbocycles. The first-order valence-corrected chi connectivity index (χ1v) is 10.6. The molecule has 0 amide bonds. The summed E-state index contributed by atoms with van der Waals surface area (Å²) in [6.07, 6.45) is 3.21. The molecule has 1 aliphatic carbocycles.